The lowest BCUT2D eigenvalue weighted by Crippen LogP contribution is -2.36. The number of ether oxygens (including phenoxy) is 2. The van der Waals surface area contributed by atoms with Crippen molar-refractivity contribution in [2.24, 2.45) is 0 Å². The SMILES string of the molecule is COc1ccc2c(c1)C(NC1CC(=O)N(C3CC3)C1)CCCO2. The molecule has 4 rings (SSSR count). The topological polar surface area (TPSA) is 50.8 Å². The highest BCUT2D eigenvalue weighted by molar-refractivity contribution is 5.80. The molecule has 5 heteroatoms. The first-order valence-electron chi connectivity index (χ1n) is 8.61. The van der Waals surface area contributed by atoms with Crippen LogP contribution in [0.25, 0.3) is 0 Å². The first kappa shape index (κ1) is 14.8. The van der Waals surface area contributed by atoms with Crippen molar-refractivity contribution in [3.63, 3.8) is 0 Å². The molecule has 1 amide bonds. The van der Waals surface area contributed by atoms with Crippen LogP contribution in [0.4, 0.5) is 0 Å². The van der Waals surface area contributed by atoms with Gasteiger partial charge in [-0.05, 0) is 43.9 Å². The summed E-state index contributed by atoms with van der Waals surface area (Å²) in [6.45, 7) is 1.59. The third-order valence-electron chi connectivity index (χ3n) is 5.07. The van der Waals surface area contributed by atoms with E-state index in [1.807, 2.05) is 12.1 Å². The number of fused-ring (bicyclic) bond motifs is 1. The van der Waals surface area contributed by atoms with Crippen molar-refractivity contribution < 1.29 is 14.3 Å². The highest BCUT2D eigenvalue weighted by Gasteiger charge is 2.40. The van der Waals surface area contributed by atoms with Gasteiger partial charge in [-0.15, -0.1) is 0 Å². The summed E-state index contributed by atoms with van der Waals surface area (Å²) in [5.74, 6) is 2.09. The molecule has 1 aliphatic carbocycles. The summed E-state index contributed by atoms with van der Waals surface area (Å²) in [5.41, 5.74) is 1.15. The smallest absolute Gasteiger partial charge is 0.224 e. The third kappa shape index (κ3) is 3.02. The van der Waals surface area contributed by atoms with E-state index in [1.165, 1.54) is 12.8 Å². The van der Waals surface area contributed by atoms with E-state index in [0.717, 1.165) is 43.1 Å². The van der Waals surface area contributed by atoms with Crippen LogP contribution < -0.4 is 14.8 Å². The molecule has 5 nitrogen and oxygen atoms in total. The number of carbonyl (C=O) groups excluding carboxylic acids is 1. The molecule has 0 aromatic heterocycles. The van der Waals surface area contributed by atoms with Crippen molar-refractivity contribution in [3.05, 3.63) is 23.8 Å². The van der Waals surface area contributed by atoms with Gasteiger partial charge in [0.25, 0.3) is 0 Å². The van der Waals surface area contributed by atoms with Crippen LogP contribution in [0.15, 0.2) is 18.2 Å². The normalized spacial score (nSPS) is 27.3. The molecule has 1 aromatic rings. The minimum absolute atomic E-state index is 0.222. The van der Waals surface area contributed by atoms with E-state index in [0.29, 0.717) is 18.4 Å². The highest BCUT2D eigenvalue weighted by atomic mass is 16.5. The van der Waals surface area contributed by atoms with Crippen molar-refractivity contribution in [1.82, 2.24) is 10.2 Å². The summed E-state index contributed by atoms with van der Waals surface area (Å²) < 4.78 is 11.2. The van der Waals surface area contributed by atoms with Crippen LogP contribution >= 0.6 is 0 Å². The van der Waals surface area contributed by atoms with Crippen LogP contribution in [-0.2, 0) is 4.79 Å². The highest BCUT2D eigenvalue weighted by Crippen LogP contribution is 2.36. The van der Waals surface area contributed by atoms with E-state index in [4.69, 9.17) is 9.47 Å². The average molecular weight is 316 g/mol. The maximum Gasteiger partial charge on any atom is 0.224 e. The van der Waals surface area contributed by atoms with Gasteiger partial charge < -0.3 is 19.7 Å². The fourth-order valence-corrected chi connectivity index (χ4v) is 3.72. The predicted octanol–water partition coefficient (Wildman–Crippen LogP) is 2.26. The number of carbonyl (C=O) groups is 1. The van der Waals surface area contributed by atoms with Gasteiger partial charge >= 0.3 is 0 Å². The minimum Gasteiger partial charge on any atom is -0.497 e. The second-order valence-electron chi connectivity index (χ2n) is 6.79. The molecule has 1 saturated heterocycles. The number of nitrogens with one attached hydrogen (secondary N) is 1. The van der Waals surface area contributed by atoms with Crippen molar-refractivity contribution in [1.29, 1.82) is 0 Å². The van der Waals surface area contributed by atoms with Gasteiger partial charge in [-0.3, -0.25) is 4.79 Å². The van der Waals surface area contributed by atoms with Gasteiger partial charge in [0.2, 0.25) is 5.91 Å². The summed E-state index contributed by atoms with van der Waals surface area (Å²) >= 11 is 0. The molecule has 0 bridgehead atoms. The zero-order chi connectivity index (χ0) is 15.8. The van der Waals surface area contributed by atoms with Gasteiger partial charge in [0.15, 0.2) is 0 Å². The van der Waals surface area contributed by atoms with Gasteiger partial charge in [-0.25, -0.2) is 0 Å². The van der Waals surface area contributed by atoms with E-state index in [1.54, 1.807) is 7.11 Å². The van der Waals surface area contributed by atoms with E-state index in [9.17, 15) is 4.79 Å². The molecule has 0 radical (unpaired) electrons. The molecule has 0 spiro atoms. The Morgan fingerprint density at radius 2 is 2.17 bits per heavy atom. The van der Waals surface area contributed by atoms with E-state index in [2.05, 4.69) is 16.3 Å². The number of benzene rings is 1. The number of methoxy groups -OCH3 is 1. The lowest BCUT2D eigenvalue weighted by molar-refractivity contribution is -0.128. The Morgan fingerprint density at radius 3 is 2.96 bits per heavy atom. The zero-order valence-corrected chi connectivity index (χ0v) is 13.6. The molecule has 2 atom stereocenters. The summed E-state index contributed by atoms with van der Waals surface area (Å²) in [6, 6.07) is 6.97. The first-order chi connectivity index (χ1) is 11.2. The lowest BCUT2D eigenvalue weighted by Gasteiger charge is -2.23. The standard InChI is InChI=1S/C18H24N2O3/c1-22-14-6-7-17-15(10-14)16(3-2-8-23-17)19-12-9-18(21)20(11-12)13-4-5-13/h6-7,10,12-13,16,19H,2-5,8-9,11H2,1H3. The van der Waals surface area contributed by atoms with Crippen molar-refractivity contribution >= 4 is 5.91 Å². The summed E-state index contributed by atoms with van der Waals surface area (Å²) in [5, 5.41) is 3.71. The average Bonchev–Trinajstić information content (AvgIpc) is 3.35. The molecule has 1 N–H and O–H groups in total. The number of likely N-dealkylation sites (tertiary alicyclic amines) is 1. The quantitative estimate of drug-likeness (QED) is 0.926. The number of hydrogen-bond acceptors (Lipinski definition) is 4. The number of hydrogen-bond donors (Lipinski definition) is 1. The van der Waals surface area contributed by atoms with Crippen LogP contribution in [0.1, 0.15) is 43.7 Å². The summed E-state index contributed by atoms with van der Waals surface area (Å²) in [6.07, 6.45) is 5.01. The van der Waals surface area contributed by atoms with Gasteiger partial charge in [-0.1, -0.05) is 0 Å². The maximum atomic E-state index is 12.2. The second kappa shape index (κ2) is 6.04. The minimum atomic E-state index is 0.222. The molecule has 3 aliphatic rings. The van der Waals surface area contributed by atoms with Crippen LogP contribution in [-0.4, -0.2) is 43.2 Å². The van der Waals surface area contributed by atoms with Crippen molar-refractivity contribution in [2.75, 3.05) is 20.3 Å². The zero-order valence-electron chi connectivity index (χ0n) is 13.6. The molecular formula is C18H24N2O3. The van der Waals surface area contributed by atoms with Gasteiger partial charge in [0, 0.05) is 36.7 Å². The van der Waals surface area contributed by atoms with Crippen LogP contribution in [0.2, 0.25) is 0 Å². The molecular weight excluding hydrogens is 292 g/mol. The predicted molar refractivity (Wildman–Crippen MR) is 86.7 cm³/mol. The molecule has 23 heavy (non-hydrogen) atoms. The van der Waals surface area contributed by atoms with Crippen molar-refractivity contribution in [2.45, 2.75) is 50.2 Å². The van der Waals surface area contributed by atoms with E-state index in [-0.39, 0.29) is 12.1 Å². The molecule has 2 unspecified atom stereocenters. The summed E-state index contributed by atoms with van der Waals surface area (Å²) in [7, 11) is 1.69. The largest absolute Gasteiger partial charge is 0.497 e. The van der Waals surface area contributed by atoms with Gasteiger partial charge in [0.1, 0.15) is 11.5 Å². The van der Waals surface area contributed by atoms with E-state index >= 15 is 0 Å². The summed E-state index contributed by atoms with van der Waals surface area (Å²) in [4.78, 5) is 14.2. The Labute approximate surface area is 136 Å². The molecule has 1 saturated carbocycles. The Bertz CT molecular complexity index is 600. The molecule has 2 fully saturated rings. The first-order valence-corrected chi connectivity index (χ1v) is 8.61. The molecule has 2 heterocycles. The van der Waals surface area contributed by atoms with Gasteiger partial charge in [-0.2, -0.15) is 0 Å². The fourth-order valence-electron chi connectivity index (χ4n) is 3.72. The Kier molecular flexibility index (Phi) is 3.89. The monoisotopic (exact) mass is 316 g/mol. The number of nitrogens with zero attached hydrogens (tertiary/aromatic N) is 1. The fraction of sp³-hybridized carbons (Fsp3) is 0.611. The molecule has 2 aliphatic heterocycles. The number of rotatable bonds is 4. The second-order valence-corrected chi connectivity index (χ2v) is 6.79. The maximum absolute atomic E-state index is 12.2. The van der Waals surface area contributed by atoms with Crippen molar-refractivity contribution in [3.8, 4) is 11.5 Å². The Hall–Kier alpha value is -1.75. The van der Waals surface area contributed by atoms with E-state index < -0.39 is 0 Å². The van der Waals surface area contributed by atoms with Crippen LogP contribution in [0.3, 0.4) is 0 Å². The Morgan fingerprint density at radius 1 is 1.30 bits per heavy atom. The Balaban J connectivity index is 1.51. The number of amides is 1. The van der Waals surface area contributed by atoms with Crippen LogP contribution in [0.5, 0.6) is 11.5 Å². The lowest BCUT2D eigenvalue weighted by atomic mass is 10.0. The van der Waals surface area contributed by atoms with Gasteiger partial charge in [0.05, 0.1) is 13.7 Å². The molecule has 1 aromatic carbocycles. The molecule has 124 valence electrons. The van der Waals surface area contributed by atoms with Crippen LogP contribution in [0, 0.1) is 0 Å². The third-order valence-corrected chi connectivity index (χ3v) is 5.07.